The summed E-state index contributed by atoms with van der Waals surface area (Å²) in [5.74, 6) is -0.932. The Hall–Kier alpha value is -1.92. The predicted molar refractivity (Wildman–Crippen MR) is 67.3 cm³/mol. The molecule has 0 aromatic heterocycles. The Kier molecular flexibility index (Phi) is 2.99. The van der Waals surface area contributed by atoms with Crippen LogP contribution in [0, 0.1) is 5.41 Å². The first-order chi connectivity index (χ1) is 9.53. The Bertz CT molecular complexity index is 494. The quantitative estimate of drug-likeness (QED) is 0.687. The van der Waals surface area contributed by atoms with Crippen LogP contribution < -0.4 is 10.6 Å². The molecule has 0 atom stereocenters. The molecule has 2 saturated carbocycles. The highest BCUT2D eigenvalue weighted by molar-refractivity contribution is 6.20. The zero-order chi connectivity index (χ0) is 14.3. The Balaban J connectivity index is 1.51. The summed E-state index contributed by atoms with van der Waals surface area (Å²) in [4.78, 5) is 48.0. The first-order valence-corrected chi connectivity index (χ1v) is 7.00. The number of urea groups is 1. The van der Waals surface area contributed by atoms with E-state index in [9.17, 15) is 19.2 Å². The van der Waals surface area contributed by atoms with Gasteiger partial charge < -0.3 is 5.32 Å². The summed E-state index contributed by atoms with van der Waals surface area (Å²) < 4.78 is 0. The Morgan fingerprint density at radius 2 is 2.00 bits per heavy atom. The smallest absolute Gasteiger partial charge is 0.330 e. The molecule has 1 saturated heterocycles. The first-order valence-electron chi connectivity index (χ1n) is 7.00. The molecule has 1 aliphatic heterocycles. The third-order valence-electron chi connectivity index (χ3n) is 4.03. The van der Waals surface area contributed by atoms with E-state index in [1.165, 1.54) is 0 Å². The molecule has 2 N–H and O–H groups in total. The topological polar surface area (TPSA) is 95.6 Å². The van der Waals surface area contributed by atoms with E-state index >= 15 is 0 Å². The molecule has 0 aromatic rings. The van der Waals surface area contributed by atoms with Gasteiger partial charge in [-0.1, -0.05) is 0 Å². The molecule has 5 amide bonds. The van der Waals surface area contributed by atoms with Gasteiger partial charge >= 0.3 is 6.03 Å². The first kappa shape index (κ1) is 13.1. The van der Waals surface area contributed by atoms with E-state index in [4.69, 9.17) is 0 Å². The number of carbonyl (C=O) groups is 4. The summed E-state index contributed by atoms with van der Waals surface area (Å²) in [7, 11) is 0. The van der Waals surface area contributed by atoms with Crippen molar-refractivity contribution in [1.29, 1.82) is 0 Å². The van der Waals surface area contributed by atoms with E-state index < -0.39 is 23.3 Å². The molecule has 1 spiro atoms. The van der Waals surface area contributed by atoms with Gasteiger partial charge in [0.2, 0.25) is 17.7 Å². The average Bonchev–Trinajstić information content (AvgIpc) is 3.25. The molecule has 3 aliphatic rings. The van der Waals surface area contributed by atoms with Crippen LogP contribution in [0.15, 0.2) is 0 Å². The Labute approximate surface area is 116 Å². The average molecular weight is 279 g/mol. The lowest BCUT2D eigenvalue weighted by molar-refractivity contribution is -0.144. The summed E-state index contributed by atoms with van der Waals surface area (Å²) in [5.41, 5.74) is -0.996. The minimum atomic E-state index is -0.996. The molecule has 7 heteroatoms. The summed E-state index contributed by atoms with van der Waals surface area (Å²) in [6.07, 6.45) is 3.77. The van der Waals surface area contributed by atoms with Gasteiger partial charge in [-0.15, -0.1) is 0 Å². The van der Waals surface area contributed by atoms with E-state index in [0.717, 1.165) is 17.7 Å². The lowest BCUT2D eigenvalue weighted by Gasteiger charge is -2.30. The summed E-state index contributed by atoms with van der Waals surface area (Å²) in [6, 6.07) is -0.352. The van der Waals surface area contributed by atoms with Crippen molar-refractivity contribution >= 4 is 23.8 Å². The molecule has 108 valence electrons. The van der Waals surface area contributed by atoms with Gasteiger partial charge in [-0.3, -0.25) is 24.6 Å². The number of hydrogen-bond acceptors (Lipinski definition) is 4. The van der Waals surface area contributed by atoms with Crippen LogP contribution in [0.2, 0.25) is 0 Å². The largest absolute Gasteiger partial charge is 0.353 e. The molecule has 1 heterocycles. The highest BCUT2D eigenvalue weighted by Crippen LogP contribution is 2.48. The number of nitrogens with one attached hydrogen (secondary N) is 2. The maximum absolute atomic E-state index is 12.1. The van der Waals surface area contributed by atoms with Crippen molar-refractivity contribution in [3.8, 4) is 0 Å². The highest BCUT2D eigenvalue weighted by atomic mass is 16.2. The van der Waals surface area contributed by atoms with Crippen LogP contribution in [0.25, 0.3) is 0 Å². The monoisotopic (exact) mass is 279 g/mol. The molecule has 3 rings (SSSR count). The van der Waals surface area contributed by atoms with Gasteiger partial charge in [0.05, 0.1) is 0 Å². The van der Waals surface area contributed by atoms with Gasteiger partial charge in [0.1, 0.15) is 5.41 Å². The van der Waals surface area contributed by atoms with Crippen LogP contribution in [-0.4, -0.2) is 41.2 Å². The van der Waals surface area contributed by atoms with Crippen LogP contribution in [-0.2, 0) is 14.4 Å². The van der Waals surface area contributed by atoms with Crippen molar-refractivity contribution in [3.05, 3.63) is 0 Å². The van der Waals surface area contributed by atoms with Crippen molar-refractivity contribution < 1.29 is 19.2 Å². The third-order valence-corrected chi connectivity index (χ3v) is 4.03. The number of nitrogens with zero attached hydrogens (tertiary/aromatic N) is 1. The minimum Gasteiger partial charge on any atom is -0.353 e. The molecular formula is C13H17N3O4. The van der Waals surface area contributed by atoms with E-state index in [0.29, 0.717) is 25.3 Å². The minimum absolute atomic E-state index is 0.0467. The van der Waals surface area contributed by atoms with E-state index in [1.807, 2.05) is 0 Å². The van der Waals surface area contributed by atoms with Crippen LogP contribution in [0.5, 0.6) is 0 Å². The number of carbonyl (C=O) groups excluding carboxylic acids is 4. The second kappa shape index (κ2) is 4.57. The molecule has 0 radical (unpaired) electrons. The van der Waals surface area contributed by atoms with Crippen LogP contribution in [0.4, 0.5) is 4.79 Å². The standard InChI is InChI=1S/C13H17N3O4/c17-9(14-8-3-4-8)2-1-7-16-11(19)13(5-6-13)10(18)15-12(16)20/h8H,1-7H2,(H,14,17)(H,15,18,20). The molecule has 2 aliphatic carbocycles. The van der Waals surface area contributed by atoms with E-state index in [2.05, 4.69) is 10.6 Å². The fourth-order valence-corrected chi connectivity index (χ4v) is 2.43. The summed E-state index contributed by atoms with van der Waals surface area (Å²) in [5, 5.41) is 5.07. The van der Waals surface area contributed by atoms with Gasteiger partial charge in [0.25, 0.3) is 0 Å². The van der Waals surface area contributed by atoms with Crippen molar-refractivity contribution in [3.63, 3.8) is 0 Å². The molecule has 7 nitrogen and oxygen atoms in total. The number of imide groups is 2. The van der Waals surface area contributed by atoms with Gasteiger partial charge in [0, 0.05) is 19.0 Å². The van der Waals surface area contributed by atoms with Gasteiger partial charge in [-0.2, -0.15) is 0 Å². The van der Waals surface area contributed by atoms with Crippen molar-refractivity contribution in [2.45, 2.75) is 44.6 Å². The number of amides is 5. The number of hydrogen-bond donors (Lipinski definition) is 2. The highest BCUT2D eigenvalue weighted by Gasteiger charge is 2.61. The van der Waals surface area contributed by atoms with Crippen molar-refractivity contribution in [2.24, 2.45) is 5.41 Å². The van der Waals surface area contributed by atoms with Crippen LogP contribution in [0.1, 0.15) is 38.5 Å². The second-order valence-electron chi connectivity index (χ2n) is 5.74. The van der Waals surface area contributed by atoms with Gasteiger partial charge in [-0.05, 0) is 32.1 Å². The predicted octanol–water partition coefficient (Wildman–Crippen LogP) is -0.0962. The molecule has 0 unspecified atom stereocenters. The van der Waals surface area contributed by atoms with Crippen molar-refractivity contribution in [1.82, 2.24) is 15.5 Å². The normalized spacial score (nSPS) is 23.8. The van der Waals surface area contributed by atoms with Crippen LogP contribution >= 0.6 is 0 Å². The maximum Gasteiger partial charge on any atom is 0.330 e. The van der Waals surface area contributed by atoms with Gasteiger partial charge in [0.15, 0.2) is 0 Å². The Morgan fingerprint density at radius 3 is 2.60 bits per heavy atom. The molecular weight excluding hydrogens is 262 g/mol. The zero-order valence-corrected chi connectivity index (χ0v) is 11.1. The van der Waals surface area contributed by atoms with E-state index in [1.54, 1.807) is 0 Å². The molecule has 0 bridgehead atoms. The molecule has 0 aromatic carbocycles. The summed E-state index contributed by atoms with van der Waals surface area (Å²) in [6.45, 7) is 0.178. The zero-order valence-electron chi connectivity index (χ0n) is 11.1. The number of barbiturate groups is 1. The van der Waals surface area contributed by atoms with Gasteiger partial charge in [-0.25, -0.2) is 4.79 Å². The lowest BCUT2D eigenvalue weighted by atomic mass is 10.0. The Morgan fingerprint density at radius 1 is 1.30 bits per heavy atom. The molecule has 3 fully saturated rings. The fourth-order valence-electron chi connectivity index (χ4n) is 2.43. The van der Waals surface area contributed by atoms with Crippen LogP contribution in [0.3, 0.4) is 0 Å². The maximum atomic E-state index is 12.1. The third kappa shape index (κ3) is 2.28. The number of rotatable bonds is 5. The summed E-state index contributed by atoms with van der Waals surface area (Å²) >= 11 is 0. The van der Waals surface area contributed by atoms with Crippen molar-refractivity contribution in [2.75, 3.05) is 6.54 Å². The SMILES string of the molecule is O=C(CCCN1C(=O)NC(=O)C2(CC2)C1=O)NC1CC1. The fraction of sp³-hybridized carbons (Fsp3) is 0.692. The van der Waals surface area contributed by atoms with E-state index in [-0.39, 0.29) is 18.9 Å². The second-order valence-corrected chi connectivity index (χ2v) is 5.74. The molecule has 20 heavy (non-hydrogen) atoms. The lowest BCUT2D eigenvalue weighted by Crippen LogP contribution is -2.59.